The van der Waals surface area contributed by atoms with E-state index >= 15 is 0 Å². The van der Waals surface area contributed by atoms with E-state index in [1.54, 1.807) is 0 Å². The molecule has 0 aliphatic heterocycles. The summed E-state index contributed by atoms with van der Waals surface area (Å²) in [5, 5.41) is 0. The summed E-state index contributed by atoms with van der Waals surface area (Å²) in [6.07, 6.45) is 22.1. The maximum Gasteiger partial charge on any atom is 1.00 e. The number of unbranched alkanes of at least 4 members (excludes halogenated alkanes) is 17. The molecule has 32 heavy (non-hydrogen) atoms. The van der Waals surface area contributed by atoms with Crippen LogP contribution in [-0.4, -0.2) is 21.0 Å². The van der Waals surface area contributed by atoms with Crippen molar-refractivity contribution in [2.75, 3.05) is 6.61 Å². The maximum atomic E-state index is 11.7. The Labute approximate surface area is 246 Å². The third-order valence-electron chi connectivity index (χ3n) is 5.41. The van der Waals surface area contributed by atoms with E-state index in [0.717, 1.165) is 25.7 Å². The van der Waals surface area contributed by atoms with Crippen molar-refractivity contribution in [1.29, 1.82) is 0 Å². The molecule has 0 saturated heterocycles. The number of hydrogen-bond acceptors (Lipinski definition) is 5. The molecule has 0 aromatic rings. The third kappa shape index (κ3) is 29.4. The summed E-state index contributed by atoms with van der Waals surface area (Å²) in [4.78, 5) is 11.7. The Hall–Kier alpha value is 1.38. The Balaban J connectivity index is -0.000000701. The van der Waals surface area contributed by atoms with Crippen molar-refractivity contribution in [2.24, 2.45) is 0 Å². The van der Waals surface area contributed by atoms with Gasteiger partial charge >= 0.3 is 75.5 Å². The van der Waals surface area contributed by atoms with E-state index in [9.17, 15) is 13.2 Å². The van der Waals surface area contributed by atoms with Gasteiger partial charge in [-0.3, -0.25) is 4.79 Å². The van der Waals surface area contributed by atoms with Crippen molar-refractivity contribution in [2.45, 2.75) is 142 Å². The Bertz CT molecular complexity index is 498. The summed E-state index contributed by atoms with van der Waals surface area (Å²) >= 11 is 0. The van der Waals surface area contributed by atoms with Crippen molar-refractivity contribution < 1.29 is 83.5 Å². The molecule has 0 heterocycles. The van der Waals surface area contributed by atoms with Gasteiger partial charge in [0.25, 0.3) is 0 Å². The molecule has 8 heteroatoms. The van der Waals surface area contributed by atoms with Crippen LogP contribution < -0.4 is 59.1 Å². The predicted octanol–water partition coefficient (Wildman–Crippen LogP) is 1.87. The van der Waals surface area contributed by atoms with Gasteiger partial charge in [0.2, 0.25) is 0 Å². The third-order valence-corrected chi connectivity index (χ3v) is 6.25. The quantitative estimate of drug-likeness (QED) is 0.160. The van der Waals surface area contributed by atoms with Crippen molar-refractivity contribution in [3.63, 3.8) is 0 Å². The van der Waals surface area contributed by atoms with Crippen LogP contribution in [0.2, 0.25) is 0 Å². The zero-order valence-corrected chi connectivity index (χ0v) is 26.6. The second kappa shape index (κ2) is 28.6. The Morgan fingerprint density at radius 2 is 0.938 bits per heavy atom. The van der Waals surface area contributed by atoms with Gasteiger partial charge in [-0.1, -0.05) is 123 Å². The van der Waals surface area contributed by atoms with E-state index in [-0.39, 0.29) is 75.0 Å². The summed E-state index contributed by atoms with van der Waals surface area (Å²) in [6.45, 7) is 4.52. The summed E-state index contributed by atoms with van der Waals surface area (Å²) in [7, 11) is -4.20. The van der Waals surface area contributed by atoms with Crippen molar-refractivity contribution in [3.8, 4) is 0 Å². The first-order valence-corrected chi connectivity index (χ1v) is 14.0. The standard InChI is InChI=1S/C24H48O5S.2Na.2H/c1-3-5-7-9-11-13-15-17-19-21-23-28-30(26,27)29-24(25)22-20-18-16-14-12-10-8-6-4-2;;;;/h3-23H2,1-2H3;;;;/q;2*+1;2*-1. The van der Waals surface area contributed by atoms with Crippen LogP contribution in [-0.2, 0) is 23.6 Å². The van der Waals surface area contributed by atoms with Crippen LogP contribution in [0.1, 0.15) is 145 Å². The van der Waals surface area contributed by atoms with E-state index in [1.165, 1.54) is 83.5 Å². The molecule has 0 aliphatic carbocycles. The molecule has 184 valence electrons. The fourth-order valence-corrected chi connectivity index (χ4v) is 4.19. The van der Waals surface area contributed by atoms with Crippen LogP contribution >= 0.6 is 0 Å². The monoisotopic (exact) mass is 496 g/mol. The minimum Gasteiger partial charge on any atom is -1.00 e. The molecule has 0 aromatic heterocycles. The fourth-order valence-electron chi connectivity index (χ4n) is 3.51. The number of hydrogen-bond donors (Lipinski definition) is 0. The molecule has 0 fully saturated rings. The Morgan fingerprint density at radius 3 is 1.34 bits per heavy atom. The first kappa shape index (κ1) is 37.9. The second-order valence-corrected chi connectivity index (χ2v) is 9.66. The van der Waals surface area contributed by atoms with E-state index in [1.807, 2.05) is 0 Å². The minimum absolute atomic E-state index is 0. The van der Waals surface area contributed by atoms with E-state index in [0.29, 0.717) is 12.8 Å². The zero-order chi connectivity index (χ0) is 22.3. The summed E-state index contributed by atoms with van der Waals surface area (Å²) in [5.41, 5.74) is 0. The zero-order valence-electron chi connectivity index (χ0n) is 23.8. The molecule has 0 unspecified atom stereocenters. The Kier molecular flexibility index (Phi) is 33.9. The van der Waals surface area contributed by atoms with Crippen LogP contribution in [0.15, 0.2) is 0 Å². The summed E-state index contributed by atoms with van der Waals surface area (Å²) in [6, 6.07) is 0. The van der Waals surface area contributed by atoms with Crippen molar-refractivity contribution >= 4 is 16.4 Å². The van der Waals surface area contributed by atoms with Gasteiger partial charge in [0.1, 0.15) is 0 Å². The van der Waals surface area contributed by atoms with Gasteiger partial charge in [0.05, 0.1) is 6.61 Å². The second-order valence-electron chi connectivity index (χ2n) is 8.45. The molecule has 0 radical (unpaired) electrons. The van der Waals surface area contributed by atoms with Gasteiger partial charge < -0.3 is 7.04 Å². The van der Waals surface area contributed by atoms with Crippen LogP contribution in [0.3, 0.4) is 0 Å². The fraction of sp³-hybridized carbons (Fsp3) is 0.958. The van der Waals surface area contributed by atoms with E-state index in [2.05, 4.69) is 18.0 Å². The van der Waals surface area contributed by atoms with Crippen molar-refractivity contribution in [3.05, 3.63) is 0 Å². The molecule has 0 bridgehead atoms. The Morgan fingerprint density at radius 1 is 0.594 bits per heavy atom. The van der Waals surface area contributed by atoms with Crippen LogP contribution in [0.5, 0.6) is 0 Å². The molecule has 5 nitrogen and oxygen atoms in total. The molecule has 0 spiro atoms. The van der Waals surface area contributed by atoms with Gasteiger partial charge in [-0.15, -0.1) is 0 Å². The van der Waals surface area contributed by atoms with Crippen molar-refractivity contribution in [1.82, 2.24) is 0 Å². The molecule has 0 atom stereocenters. The average molecular weight is 497 g/mol. The molecule has 0 N–H and O–H groups in total. The van der Waals surface area contributed by atoms with Crippen LogP contribution in [0.4, 0.5) is 0 Å². The molecular formula is C24H50Na2O5S. The van der Waals surface area contributed by atoms with E-state index < -0.39 is 16.4 Å². The van der Waals surface area contributed by atoms with E-state index in [4.69, 9.17) is 4.18 Å². The first-order chi connectivity index (χ1) is 14.5. The number of rotatable bonds is 23. The summed E-state index contributed by atoms with van der Waals surface area (Å²) in [5.74, 6) is -0.707. The minimum atomic E-state index is -4.20. The molecule has 0 amide bonds. The number of carbonyl (C=O) groups excluding carboxylic acids is 1. The predicted molar refractivity (Wildman–Crippen MR) is 127 cm³/mol. The summed E-state index contributed by atoms with van der Waals surface area (Å²) < 4.78 is 32.7. The number of carbonyl (C=O) groups is 1. The normalized spacial score (nSPS) is 10.9. The van der Waals surface area contributed by atoms with Gasteiger partial charge in [-0.25, -0.2) is 4.18 Å². The molecule has 0 rings (SSSR count). The smallest absolute Gasteiger partial charge is 1.00 e. The SMILES string of the molecule is CCCCCCCCCCCCOS(=O)(=O)OC(=O)CCCCCCCCCCC.[H-].[H-].[Na+].[Na+]. The largest absolute Gasteiger partial charge is 1.00 e. The molecular weight excluding hydrogens is 446 g/mol. The molecule has 0 aliphatic rings. The van der Waals surface area contributed by atoms with Gasteiger partial charge in [0.15, 0.2) is 0 Å². The maximum absolute atomic E-state index is 11.7. The first-order valence-electron chi connectivity index (χ1n) is 12.6. The van der Waals surface area contributed by atoms with Gasteiger partial charge in [-0.2, -0.15) is 8.42 Å². The van der Waals surface area contributed by atoms with Crippen LogP contribution in [0.25, 0.3) is 0 Å². The molecule has 0 saturated carbocycles. The van der Waals surface area contributed by atoms with Crippen LogP contribution in [0, 0.1) is 0 Å². The topological polar surface area (TPSA) is 69.7 Å². The van der Waals surface area contributed by atoms with Gasteiger partial charge in [-0.05, 0) is 12.8 Å². The average Bonchev–Trinajstić information content (AvgIpc) is 2.70. The molecule has 0 aromatic carbocycles. The van der Waals surface area contributed by atoms with Gasteiger partial charge in [0, 0.05) is 6.42 Å².